The van der Waals surface area contributed by atoms with Crippen molar-refractivity contribution in [2.75, 3.05) is 6.54 Å². The van der Waals surface area contributed by atoms with E-state index in [4.69, 9.17) is 4.74 Å². The maximum absolute atomic E-state index is 11.7. The minimum atomic E-state index is -0.536. The SMILES string of the molecule is C.CC(C)(C)OC(=O)NCC#Cc1cccc2cn3c4nccnc4[n-][n+]3c12. The maximum Gasteiger partial charge on any atom is 0.408 e. The van der Waals surface area contributed by atoms with E-state index in [1.165, 1.54) is 0 Å². The average Bonchev–Trinajstić information content (AvgIpc) is 3.13. The second kappa shape index (κ2) is 7.19. The number of hydrogen-bond donors (Lipinski definition) is 1. The Kier molecular flexibility index (Phi) is 4.92. The van der Waals surface area contributed by atoms with Crippen molar-refractivity contribution in [2.45, 2.75) is 33.8 Å². The Bertz CT molecular complexity index is 1220. The molecule has 28 heavy (non-hydrogen) atoms. The number of ether oxygens (including phenoxy) is 1. The van der Waals surface area contributed by atoms with Gasteiger partial charge in [-0.1, -0.05) is 30.0 Å². The van der Waals surface area contributed by atoms with Crippen LogP contribution < -0.4 is 15.0 Å². The highest BCUT2D eigenvalue weighted by molar-refractivity contribution is 5.82. The molecule has 0 aliphatic heterocycles. The van der Waals surface area contributed by atoms with Crippen LogP contribution in [0, 0.1) is 11.8 Å². The first-order chi connectivity index (χ1) is 12.9. The summed E-state index contributed by atoms with van der Waals surface area (Å²) in [5.41, 5.74) is 2.37. The van der Waals surface area contributed by atoms with Crippen molar-refractivity contribution in [1.29, 1.82) is 0 Å². The number of carbonyl (C=O) groups excluding carboxylic acids is 1. The monoisotopic (exact) mass is 378 g/mol. The Morgan fingerprint density at radius 2 is 2.11 bits per heavy atom. The number of nitrogens with one attached hydrogen (secondary N) is 1. The van der Waals surface area contributed by atoms with Gasteiger partial charge in [-0.25, -0.2) is 9.78 Å². The second-order valence-electron chi connectivity index (χ2n) is 6.97. The number of hydrogen-bond acceptors (Lipinski definition) is 4. The van der Waals surface area contributed by atoms with Crippen molar-refractivity contribution in [3.05, 3.63) is 42.4 Å². The second-order valence-corrected chi connectivity index (χ2v) is 6.97. The van der Waals surface area contributed by atoms with E-state index in [2.05, 4.69) is 32.2 Å². The van der Waals surface area contributed by atoms with Crippen LogP contribution in [0.3, 0.4) is 0 Å². The van der Waals surface area contributed by atoms with E-state index < -0.39 is 11.7 Å². The summed E-state index contributed by atoms with van der Waals surface area (Å²) in [7, 11) is 0. The highest BCUT2D eigenvalue weighted by atomic mass is 16.6. The lowest BCUT2D eigenvalue weighted by Crippen LogP contribution is -2.32. The third-order valence-corrected chi connectivity index (χ3v) is 3.74. The van der Waals surface area contributed by atoms with Gasteiger partial charge in [0.2, 0.25) is 0 Å². The topological polar surface area (TPSA) is 86.7 Å². The summed E-state index contributed by atoms with van der Waals surface area (Å²) in [6.07, 6.45) is 4.71. The molecule has 8 nitrogen and oxygen atoms in total. The van der Waals surface area contributed by atoms with Crippen molar-refractivity contribution < 1.29 is 14.2 Å². The molecule has 0 atom stereocenters. The fourth-order valence-electron chi connectivity index (χ4n) is 2.75. The standard InChI is InChI=1S/C19H18N6O2.CH4/c1-19(2,3)27-18(26)22-9-5-8-13-6-4-7-14-12-24-17-16(20-10-11-21-17)23-25(24)15(13)14;/h4,6-7,10-12H,9H2,1-3H3,(H,22,26);1H4. The molecule has 0 saturated carbocycles. The fourth-order valence-corrected chi connectivity index (χ4v) is 2.75. The van der Waals surface area contributed by atoms with Gasteiger partial charge in [-0.15, -0.1) is 5.10 Å². The molecule has 0 aliphatic carbocycles. The van der Waals surface area contributed by atoms with Crippen molar-refractivity contribution >= 4 is 28.3 Å². The van der Waals surface area contributed by atoms with Gasteiger partial charge in [-0.05, 0) is 39.1 Å². The van der Waals surface area contributed by atoms with Crippen LogP contribution in [0.5, 0.6) is 0 Å². The van der Waals surface area contributed by atoms with E-state index in [1.54, 1.807) is 17.0 Å². The number of benzene rings is 1. The highest BCUT2D eigenvalue weighted by Crippen LogP contribution is 2.16. The van der Waals surface area contributed by atoms with Crippen LogP contribution in [0.4, 0.5) is 4.79 Å². The molecule has 3 heterocycles. The van der Waals surface area contributed by atoms with Crippen molar-refractivity contribution in [2.24, 2.45) is 0 Å². The largest absolute Gasteiger partial charge is 0.444 e. The molecule has 0 radical (unpaired) electrons. The summed E-state index contributed by atoms with van der Waals surface area (Å²) >= 11 is 0. The van der Waals surface area contributed by atoms with Crippen LogP contribution in [-0.4, -0.2) is 32.7 Å². The zero-order chi connectivity index (χ0) is 19.0. The van der Waals surface area contributed by atoms with E-state index in [1.807, 2.05) is 49.7 Å². The van der Waals surface area contributed by atoms with Crippen LogP contribution in [0.25, 0.3) is 22.2 Å². The Morgan fingerprint density at radius 3 is 2.89 bits per heavy atom. The van der Waals surface area contributed by atoms with Crippen LogP contribution in [-0.2, 0) is 4.74 Å². The number of alkyl carbamates (subject to hydrolysis) is 1. The van der Waals surface area contributed by atoms with Gasteiger partial charge < -0.3 is 15.0 Å². The number of nitrogens with zero attached hydrogens (tertiary/aromatic N) is 5. The molecule has 1 aromatic carbocycles. The molecule has 0 fully saturated rings. The van der Waals surface area contributed by atoms with E-state index in [9.17, 15) is 4.79 Å². The first-order valence-corrected chi connectivity index (χ1v) is 8.48. The summed E-state index contributed by atoms with van der Waals surface area (Å²) in [6.45, 7) is 5.63. The molecule has 4 aromatic rings. The Balaban J connectivity index is 0.00000225. The van der Waals surface area contributed by atoms with Gasteiger partial charge in [0.25, 0.3) is 5.52 Å². The summed E-state index contributed by atoms with van der Waals surface area (Å²) in [4.78, 5) is 20.3. The number of aromatic nitrogens is 5. The lowest BCUT2D eigenvalue weighted by atomic mass is 10.1. The summed E-state index contributed by atoms with van der Waals surface area (Å²) in [5.74, 6) is 6.05. The van der Waals surface area contributed by atoms with E-state index in [0.29, 0.717) is 11.3 Å². The molecule has 1 amide bonds. The van der Waals surface area contributed by atoms with Gasteiger partial charge >= 0.3 is 6.09 Å². The van der Waals surface area contributed by atoms with Crippen LogP contribution >= 0.6 is 0 Å². The fraction of sp³-hybridized carbons (Fsp3) is 0.300. The van der Waals surface area contributed by atoms with Crippen LogP contribution in [0.1, 0.15) is 33.8 Å². The molecular weight excluding hydrogens is 356 g/mol. The normalized spacial score (nSPS) is 11.1. The predicted molar refractivity (Wildman–Crippen MR) is 105 cm³/mol. The number of rotatable bonds is 1. The van der Waals surface area contributed by atoms with Crippen molar-refractivity contribution in [3.63, 3.8) is 0 Å². The van der Waals surface area contributed by atoms with Gasteiger partial charge in [0.1, 0.15) is 11.2 Å². The molecule has 0 saturated heterocycles. The molecule has 1 N–H and O–H groups in total. The minimum absolute atomic E-state index is 0. The lowest BCUT2D eigenvalue weighted by Gasteiger charge is -2.18. The lowest BCUT2D eigenvalue weighted by molar-refractivity contribution is -0.650. The molecule has 4 rings (SSSR count). The molecule has 0 spiro atoms. The molecule has 144 valence electrons. The quantitative estimate of drug-likeness (QED) is 0.405. The Morgan fingerprint density at radius 1 is 1.32 bits per heavy atom. The number of fused-ring (bicyclic) bond motifs is 5. The summed E-state index contributed by atoms with van der Waals surface area (Å²) in [5, 5.41) is 8.12. The number of carbonyl (C=O) groups is 1. The number of para-hydroxylation sites is 1. The minimum Gasteiger partial charge on any atom is -0.444 e. The van der Waals surface area contributed by atoms with Gasteiger partial charge in [0.15, 0.2) is 5.65 Å². The van der Waals surface area contributed by atoms with Crippen LogP contribution in [0.15, 0.2) is 36.8 Å². The van der Waals surface area contributed by atoms with Gasteiger partial charge in [-0.3, -0.25) is 0 Å². The van der Waals surface area contributed by atoms with E-state index in [0.717, 1.165) is 16.5 Å². The molecular formula is C20H22N6O2. The Labute approximate surface area is 162 Å². The van der Waals surface area contributed by atoms with Gasteiger partial charge in [0, 0.05) is 12.4 Å². The summed E-state index contributed by atoms with van der Waals surface area (Å²) < 4.78 is 8.78. The van der Waals surface area contributed by atoms with Gasteiger partial charge in [-0.2, -0.15) is 4.52 Å². The number of amides is 1. The third kappa shape index (κ3) is 3.60. The van der Waals surface area contributed by atoms with Crippen molar-refractivity contribution in [3.8, 4) is 11.8 Å². The predicted octanol–water partition coefficient (Wildman–Crippen LogP) is 2.09. The van der Waals surface area contributed by atoms with Crippen molar-refractivity contribution in [1.82, 2.24) is 24.9 Å². The molecule has 0 unspecified atom stereocenters. The smallest absolute Gasteiger partial charge is 0.408 e. The first-order valence-electron chi connectivity index (χ1n) is 8.48. The third-order valence-electron chi connectivity index (χ3n) is 3.74. The molecule has 0 bridgehead atoms. The van der Waals surface area contributed by atoms with E-state index in [-0.39, 0.29) is 14.0 Å². The van der Waals surface area contributed by atoms with E-state index >= 15 is 0 Å². The molecule has 3 aromatic heterocycles. The van der Waals surface area contributed by atoms with Crippen LogP contribution in [0.2, 0.25) is 0 Å². The zero-order valence-corrected chi connectivity index (χ0v) is 15.2. The summed E-state index contributed by atoms with van der Waals surface area (Å²) in [6, 6.07) is 5.83. The maximum atomic E-state index is 11.7. The average molecular weight is 378 g/mol. The zero-order valence-electron chi connectivity index (χ0n) is 15.2. The molecule has 0 aliphatic rings. The first kappa shape index (κ1) is 19.2. The molecule has 8 heteroatoms. The highest BCUT2D eigenvalue weighted by Gasteiger charge is 2.17. The van der Waals surface area contributed by atoms with Gasteiger partial charge in [0.05, 0.1) is 17.5 Å². The Hall–Kier alpha value is -3.60.